The molecule has 26 heavy (non-hydrogen) atoms. The average Bonchev–Trinajstić information content (AvgIpc) is 3.26. The molecule has 0 unspecified atom stereocenters. The van der Waals surface area contributed by atoms with Crippen molar-refractivity contribution in [2.24, 2.45) is 5.92 Å². The highest BCUT2D eigenvalue weighted by molar-refractivity contribution is 8.00. The molecule has 1 atom stereocenters. The van der Waals surface area contributed by atoms with E-state index in [2.05, 4.69) is 29.1 Å². The quantitative estimate of drug-likeness (QED) is 0.613. The van der Waals surface area contributed by atoms with E-state index in [0.29, 0.717) is 29.4 Å². The number of nitrogens with one attached hydrogen (secondary N) is 2. The standard InChI is InChI=1S/C18H21N3O2S3/c1-10(2)7-19-14(22)9-25-11(3)16-20-17(23)15-12(8-26-18(15)21-16)13-5-4-6-24-13/h4-6,8,10-11H,7,9H2,1-3H3,(H,19,22)(H,20,21,23)/t11-/m0/s1. The van der Waals surface area contributed by atoms with Gasteiger partial charge in [-0.2, -0.15) is 0 Å². The molecule has 0 bridgehead atoms. The van der Waals surface area contributed by atoms with Gasteiger partial charge in [0, 0.05) is 22.4 Å². The normalized spacial score (nSPS) is 12.6. The molecule has 0 saturated carbocycles. The Bertz CT molecular complexity index is 944. The van der Waals surface area contributed by atoms with Gasteiger partial charge in [0.1, 0.15) is 10.7 Å². The predicted octanol–water partition coefficient (Wildman–Crippen LogP) is 4.28. The molecule has 3 rings (SSSR count). The third kappa shape index (κ3) is 4.36. The topological polar surface area (TPSA) is 74.8 Å². The third-order valence-electron chi connectivity index (χ3n) is 3.81. The SMILES string of the molecule is CC(C)CNC(=O)CS[C@@H](C)c1nc2scc(-c3cccs3)c2c(=O)[nH]1. The van der Waals surface area contributed by atoms with Gasteiger partial charge in [0.15, 0.2) is 0 Å². The molecule has 1 amide bonds. The Hall–Kier alpha value is -1.64. The smallest absolute Gasteiger partial charge is 0.260 e. The van der Waals surface area contributed by atoms with E-state index in [4.69, 9.17) is 0 Å². The average molecular weight is 408 g/mol. The Morgan fingerprint density at radius 1 is 1.35 bits per heavy atom. The third-order valence-corrected chi connectivity index (χ3v) is 6.73. The summed E-state index contributed by atoms with van der Waals surface area (Å²) in [5, 5.41) is 7.46. The fourth-order valence-electron chi connectivity index (χ4n) is 2.42. The Morgan fingerprint density at radius 2 is 2.15 bits per heavy atom. The lowest BCUT2D eigenvalue weighted by atomic mass is 10.2. The number of nitrogens with zero attached hydrogens (tertiary/aromatic N) is 1. The molecule has 0 radical (unpaired) electrons. The monoisotopic (exact) mass is 407 g/mol. The number of hydrogen-bond donors (Lipinski definition) is 2. The summed E-state index contributed by atoms with van der Waals surface area (Å²) in [6.07, 6.45) is 0. The Balaban J connectivity index is 1.75. The van der Waals surface area contributed by atoms with Crippen LogP contribution in [0.1, 0.15) is 31.8 Å². The molecular weight excluding hydrogens is 386 g/mol. The van der Waals surface area contributed by atoms with Crippen LogP contribution in [0.4, 0.5) is 0 Å². The van der Waals surface area contributed by atoms with E-state index < -0.39 is 0 Å². The minimum Gasteiger partial charge on any atom is -0.355 e. The van der Waals surface area contributed by atoms with Gasteiger partial charge < -0.3 is 10.3 Å². The molecule has 5 nitrogen and oxygen atoms in total. The maximum atomic E-state index is 12.6. The van der Waals surface area contributed by atoms with Crippen LogP contribution in [0.2, 0.25) is 0 Å². The fraction of sp³-hybridized carbons (Fsp3) is 0.389. The Kier molecular flexibility index (Phi) is 6.16. The van der Waals surface area contributed by atoms with Crippen LogP contribution in [-0.4, -0.2) is 28.2 Å². The maximum absolute atomic E-state index is 12.6. The van der Waals surface area contributed by atoms with Crippen molar-refractivity contribution in [1.82, 2.24) is 15.3 Å². The highest BCUT2D eigenvalue weighted by Gasteiger charge is 2.17. The number of aromatic amines is 1. The fourth-order valence-corrected chi connectivity index (χ4v) is 4.96. The summed E-state index contributed by atoms with van der Waals surface area (Å²) >= 11 is 4.56. The molecule has 3 aromatic heterocycles. The lowest BCUT2D eigenvalue weighted by Crippen LogP contribution is -2.29. The van der Waals surface area contributed by atoms with Gasteiger partial charge in [-0.05, 0) is 24.3 Å². The summed E-state index contributed by atoms with van der Waals surface area (Å²) in [6.45, 7) is 6.75. The van der Waals surface area contributed by atoms with Crippen molar-refractivity contribution in [2.45, 2.75) is 26.0 Å². The van der Waals surface area contributed by atoms with Crippen molar-refractivity contribution in [3.63, 3.8) is 0 Å². The van der Waals surface area contributed by atoms with Gasteiger partial charge in [-0.1, -0.05) is 19.9 Å². The van der Waals surface area contributed by atoms with Gasteiger partial charge in [-0.15, -0.1) is 34.4 Å². The van der Waals surface area contributed by atoms with E-state index in [0.717, 1.165) is 15.3 Å². The van der Waals surface area contributed by atoms with Crippen LogP contribution in [0.3, 0.4) is 0 Å². The number of aromatic nitrogens is 2. The Labute approximate surface area is 164 Å². The van der Waals surface area contributed by atoms with Gasteiger partial charge in [-0.3, -0.25) is 9.59 Å². The molecule has 2 N–H and O–H groups in total. The summed E-state index contributed by atoms with van der Waals surface area (Å²) < 4.78 is 0. The zero-order chi connectivity index (χ0) is 18.7. The van der Waals surface area contributed by atoms with E-state index in [1.54, 1.807) is 11.3 Å². The van der Waals surface area contributed by atoms with Crippen molar-refractivity contribution < 1.29 is 4.79 Å². The summed E-state index contributed by atoms with van der Waals surface area (Å²) in [7, 11) is 0. The zero-order valence-electron chi connectivity index (χ0n) is 14.9. The number of rotatable bonds is 7. The van der Waals surface area contributed by atoms with E-state index in [9.17, 15) is 9.59 Å². The zero-order valence-corrected chi connectivity index (χ0v) is 17.3. The first-order chi connectivity index (χ1) is 12.5. The first-order valence-electron chi connectivity index (χ1n) is 8.39. The van der Waals surface area contributed by atoms with Gasteiger partial charge in [0.25, 0.3) is 5.56 Å². The molecule has 0 aliphatic heterocycles. The molecule has 138 valence electrons. The van der Waals surface area contributed by atoms with Crippen molar-refractivity contribution in [3.8, 4) is 10.4 Å². The summed E-state index contributed by atoms with van der Waals surface area (Å²) in [6, 6.07) is 3.98. The van der Waals surface area contributed by atoms with Crippen LogP contribution in [0.25, 0.3) is 20.7 Å². The Morgan fingerprint density at radius 3 is 2.85 bits per heavy atom. The predicted molar refractivity (Wildman–Crippen MR) is 112 cm³/mol. The largest absolute Gasteiger partial charge is 0.355 e. The first-order valence-corrected chi connectivity index (χ1v) is 11.2. The van der Waals surface area contributed by atoms with Crippen molar-refractivity contribution in [2.75, 3.05) is 12.3 Å². The second-order valence-corrected chi connectivity index (χ2v) is 9.54. The first kappa shape index (κ1) is 19.1. The summed E-state index contributed by atoms with van der Waals surface area (Å²) in [5.41, 5.74) is 0.819. The number of carbonyl (C=O) groups excluding carboxylic acids is 1. The number of hydrogen-bond acceptors (Lipinski definition) is 6. The molecule has 0 fully saturated rings. The highest BCUT2D eigenvalue weighted by atomic mass is 32.2. The van der Waals surface area contributed by atoms with Gasteiger partial charge in [0.2, 0.25) is 5.91 Å². The lowest BCUT2D eigenvalue weighted by Gasteiger charge is -2.11. The van der Waals surface area contributed by atoms with E-state index in [-0.39, 0.29) is 16.7 Å². The van der Waals surface area contributed by atoms with E-state index >= 15 is 0 Å². The van der Waals surface area contributed by atoms with Gasteiger partial charge >= 0.3 is 0 Å². The van der Waals surface area contributed by atoms with Crippen LogP contribution < -0.4 is 10.9 Å². The number of thioether (sulfide) groups is 1. The van der Waals surface area contributed by atoms with Crippen molar-refractivity contribution in [3.05, 3.63) is 39.1 Å². The van der Waals surface area contributed by atoms with Crippen LogP contribution in [0.15, 0.2) is 27.7 Å². The number of fused-ring (bicyclic) bond motifs is 1. The molecule has 0 spiro atoms. The van der Waals surface area contributed by atoms with Crippen LogP contribution in [-0.2, 0) is 4.79 Å². The molecule has 8 heteroatoms. The number of amides is 1. The number of thiophene rings is 2. The van der Waals surface area contributed by atoms with Crippen LogP contribution >= 0.6 is 34.4 Å². The van der Waals surface area contributed by atoms with Crippen molar-refractivity contribution >= 4 is 50.6 Å². The van der Waals surface area contributed by atoms with Gasteiger partial charge in [0.05, 0.1) is 16.4 Å². The molecule has 3 heterocycles. The number of carbonyl (C=O) groups is 1. The second kappa shape index (κ2) is 8.37. The van der Waals surface area contributed by atoms with Gasteiger partial charge in [-0.25, -0.2) is 4.98 Å². The van der Waals surface area contributed by atoms with Crippen molar-refractivity contribution in [1.29, 1.82) is 0 Å². The molecular formula is C18H21N3O2S3. The minimum atomic E-state index is -0.119. The lowest BCUT2D eigenvalue weighted by molar-refractivity contribution is -0.118. The van der Waals surface area contributed by atoms with E-state index in [1.165, 1.54) is 23.1 Å². The second-order valence-electron chi connectivity index (χ2n) is 6.41. The molecule has 0 aliphatic carbocycles. The maximum Gasteiger partial charge on any atom is 0.260 e. The molecule has 0 saturated heterocycles. The molecule has 0 aromatic carbocycles. The van der Waals surface area contributed by atoms with E-state index in [1.807, 2.05) is 29.8 Å². The molecule has 0 aliphatic rings. The summed E-state index contributed by atoms with van der Waals surface area (Å²) in [5.74, 6) is 1.40. The molecule has 3 aromatic rings. The highest BCUT2D eigenvalue weighted by Crippen LogP contribution is 2.34. The number of H-pyrrole nitrogens is 1. The van der Waals surface area contributed by atoms with Crippen LogP contribution in [0.5, 0.6) is 0 Å². The summed E-state index contributed by atoms with van der Waals surface area (Å²) in [4.78, 5) is 33.8. The van der Waals surface area contributed by atoms with Crippen LogP contribution in [0, 0.1) is 5.92 Å². The minimum absolute atomic E-state index is 0.00933.